The lowest BCUT2D eigenvalue weighted by molar-refractivity contribution is -0.115. The van der Waals surface area contributed by atoms with Gasteiger partial charge in [0.05, 0.1) is 24.9 Å². The number of pyridine rings is 1. The van der Waals surface area contributed by atoms with Crippen molar-refractivity contribution in [1.29, 1.82) is 0 Å². The number of aryl methyl sites for hydroxylation is 1. The Labute approximate surface area is 159 Å². The van der Waals surface area contributed by atoms with Crippen LogP contribution in [0.2, 0.25) is 0 Å². The number of aromatic nitrogens is 1. The first-order valence-corrected chi connectivity index (χ1v) is 8.94. The molecule has 0 radical (unpaired) electrons. The predicted octanol–water partition coefficient (Wildman–Crippen LogP) is 4.71. The van der Waals surface area contributed by atoms with Crippen LogP contribution < -0.4 is 15.4 Å². The van der Waals surface area contributed by atoms with Crippen molar-refractivity contribution in [3.8, 4) is 5.75 Å². The van der Waals surface area contributed by atoms with Gasteiger partial charge in [0, 0.05) is 5.69 Å². The average molecular weight is 361 g/mol. The molecule has 0 aliphatic heterocycles. The van der Waals surface area contributed by atoms with Crippen LogP contribution in [0.3, 0.4) is 0 Å². The van der Waals surface area contributed by atoms with Gasteiger partial charge in [0.2, 0.25) is 5.91 Å². The maximum Gasteiger partial charge on any atom is 0.229 e. The van der Waals surface area contributed by atoms with E-state index in [1.165, 1.54) is 5.56 Å². The van der Waals surface area contributed by atoms with Gasteiger partial charge in [0.1, 0.15) is 11.6 Å². The molecule has 1 amide bonds. The summed E-state index contributed by atoms with van der Waals surface area (Å²) in [6, 6.07) is 19.3. The third kappa shape index (κ3) is 5.57. The molecule has 3 rings (SSSR count). The van der Waals surface area contributed by atoms with Crippen LogP contribution in [-0.2, 0) is 11.2 Å². The van der Waals surface area contributed by atoms with E-state index in [-0.39, 0.29) is 5.91 Å². The summed E-state index contributed by atoms with van der Waals surface area (Å²) in [4.78, 5) is 16.4. The highest BCUT2D eigenvalue weighted by atomic mass is 16.5. The SMILES string of the molecule is CCOc1ccc(Nc2ccc(NC(=O)Cc3ccc(C)cc3)nc2)cc1. The van der Waals surface area contributed by atoms with E-state index in [0.717, 1.165) is 22.7 Å². The van der Waals surface area contributed by atoms with Crippen LogP contribution >= 0.6 is 0 Å². The second-order valence-corrected chi connectivity index (χ2v) is 6.23. The Bertz CT molecular complexity index is 873. The van der Waals surface area contributed by atoms with Crippen LogP contribution in [0.5, 0.6) is 5.75 Å². The monoisotopic (exact) mass is 361 g/mol. The van der Waals surface area contributed by atoms with Gasteiger partial charge in [-0.25, -0.2) is 4.98 Å². The van der Waals surface area contributed by atoms with E-state index in [1.807, 2.05) is 68.4 Å². The molecule has 0 saturated heterocycles. The number of nitrogens with one attached hydrogen (secondary N) is 2. The molecule has 1 heterocycles. The Morgan fingerprint density at radius 2 is 1.67 bits per heavy atom. The van der Waals surface area contributed by atoms with Crippen molar-refractivity contribution >= 4 is 23.1 Å². The first-order valence-electron chi connectivity index (χ1n) is 8.94. The van der Waals surface area contributed by atoms with E-state index in [0.29, 0.717) is 18.8 Å². The van der Waals surface area contributed by atoms with Gasteiger partial charge >= 0.3 is 0 Å². The maximum absolute atomic E-state index is 12.1. The molecule has 0 saturated carbocycles. The summed E-state index contributed by atoms with van der Waals surface area (Å²) in [5, 5.41) is 6.09. The second-order valence-electron chi connectivity index (χ2n) is 6.23. The summed E-state index contributed by atoms with van der Waals surface area (Å²) < 4.78 is 5.43. The smallest absolute Gasteiger partial charge is 0.229 e. The lowest BCUT2D eigenvalue weighted by Gasteiger charge is -2.09. The Morgan fingerprint density at radius 3 is 2.30 bits per heavy atom. The summed E-state index contributed by atoms with van der Waals surface area (Å²) in [5.41, 5.74) is 3.94. The van der Waals surface area contributed by atoms with Gasteiger partial charge in [0.15, 0.2) is 0 Å². The van der Waals surface area contributed by atoms with Crippen molar-refractivity contribution in [2.75, 3.05) is 17.2 Å². The summed E-state index contributed by atoms with van der Waals surface area (Å²) in [7, 11) is 0. The summed E-state index contributed by atoms with van der Waals surface area (Å²) in [6.07, 6.45) is 2.02. The maximum atomic E-state index is 12.1. The van der Waals surface area contributed by atoms with Gasteiger partial charge in [0.25, 0.3) is 0 Å². The van der Waals surface area contributed by atoms with Gasteiger partial charge in [-0.1, -0.05) is 29.8 Å². The van der Waals surface area contributed by atoms with Crippen LogP contribution in [0.1, 0.15) is 18.1 Å². The zero-order chi connectivity index (χ0) is 19.1. The van der Waals surface area contributed by atoms with E-state index in [2.05, 4.69) is 15.6 Å². The number of amides is 1. The number of hydrogen-bond acceptors (Lipinski definition) is 4. The minimum atomic E-state index is -0.0847. The number of rotatable bonds is 7. The molecule has 0 aliphatic rings. The van der Waals surface area contributed by atoms with Gasteiger partial charge in [-0.05, 0) is 55.8 Å². The Hall–Kier alpha value is -3.34. The zero-order valence-electron chi connectivity index (χ0n) is 15.5. The molecule has 138 valence electrons. The highest BCUT2D eigenvalue weighted by molar-refractivity contribution is 5.91. The quantitative estimate of drug-likeness (QED) is 0.639. The first kappa shape index (κ1) is 18.5. The van der Waals surface area contributed by atoms with Crippen molar-refractivity contribution in [1.82, 2.24) is 4.98 Å². The van der Waals surface area contributed by atoms with Crippen LogP contribution in [-0.4, -0.2) is 17.5 Å². The van der Waals surface area contributed by atoms with Crippen LogP contribution in [0.25, 0.3) is 0 Å². The lowest BCUT2D eigenvalue weighted by Crippen LogP contribution is -2.15. The Balaban J connectivity index is 1.54. The van der Waals surface area contributed by atoms with Gasteiger partial charge < -0.3 is 15.4 Å². The number of carbonyl (C=O) groups excluding carboxylic acids is 1. The molecule has 0 aliphatic carbocycles. The highest BCUT2D eigenvalue weighted by Crippen LogP contribution is 2.20. The number of anilines is 3. The molecule has 0 unspecified atom stereocenters. The first-order chi connectivity index (χ1) is 13.1. The second kappa shape index (κ2) is 8.85. The highest BCUT2D eigenvalue weighted by Gasteiger charge is 2.05. The number of ether oxygens (including phenoxy) is 1. The van der Waals surface area contributed by atoms with Gasteiger partial charge in [-0.15, -0.1) is 0 Å². The molecule has 5 nitrogen and oxygen atoms in total. The fourth-order valence-corrected chi connectivity index (χ4v) is 2.59. The summed E-state index contributed by atoms with van der Waals surface area (Å²) >= 11 is 0. The molecule has 27 heavy (non-hydrogen) atoms. The zero-order valence-corrected chi connectivity index (χ0v) is 15.5. The minimum Gasteiger partial charge on any atom is -0.494 e. The Morgan fingerprint density at radius 1 is 0.963 bits per heavy atom. The number of carbonyl (C=O) groups is 1. The van der Waals surface area contributed by atoms with Crippen LogP contribution in [0, 0.1) is 6.92 Å². The molecule has 2 N–H and O–H groups in total. The Kier molecular flexibility index (Phi) is 6.05. The van der Waals surface area contributed by atoms with E-state index in [9.17, 15) is 4.79 Å². The lowest BCUT2D eigenvalue weighted by atomic mass is 10.1. The molecule has 0 spiro atoms. The molecule has 2 aromatic carbocycles. The molecule has 1 aromatic heterocycles. The average Bonchev–Trinajstić information content (AvgIpc) is 2.67. The fourth-order valence-electron chi connectivity index (χ4n) is 2.59. The predicted molar refractivity (Wildman–Crippen MR) is 109 cm³/mol. The van der Waals surface area contributed by atoms with Gasteiger partial charge in [-0.3, -0.25) is 4.79 Å². The molecule has 5 heteroatoms. The van der Waals surface area contributed by atoms with Crippen molar-refractivity contribution < 1.29 is 9.53 Å². The standard InChI is InChI=1S/C22H23N3O2/c1-3-27-20-11-8-18(9-12-20)24-19-10-13-21(23-15-19)25-22(26)14-17-6-4-16(2)5-7-17/h4-13,15,24H,3,14H2,1-2H3,(H,23,25,26). The van der Waals surface area contributed by atoms with Crippen LogP contribution in [0.15, 0.2) is 66.9 Å². The molecule has 3 aromatic rings. The van der Waals surface area contributed by atoms with E-state index in [1.54, 1.807) is 12.3 Å². The van der Waals surface area contributed by atoms with Crippen molar-refractivity contribution in [2.24, 2.45) is 0 Å². The molecule has 0 fully saturated rings. The molecular weight excluding hydrogens is 338 g/mol. The third-order valence-corrected chi connectivity index (χ3v) is 3.97. The van der Waals surface area contributed by atoms with E-state index >= 15 is 0 Å². The molecular formula is C22H23N3O2. The topological polar surface area (TPSA) is 63.2 Å². The summed E-state index contributed by atoms with van der Waals surface area (Å²) in [5.74, 6) is 1.29. The van der Waals surface area contributed by atoms with E-state index in [4.69, 9.17) is 4.74 Å². The fraction of sp³-hybridized carbons (Fsp3) is 0.182. The molecule has 0 bridgehead atoms. The largest absolute Gasteiger partial charge is 0.494 e. The van der Waals surface area contributed by atoms with Crippen LogP contribution in [0.4, 0.5) is 17.2 Å². The van der Waals surface area contributed by atoms with Crippen molar-refractivity contribution in [3.05, 3.63) is 78.0 Å². The van der Waals surface area contributed by atoms with E-state index < -0.39 is 0 Å². The van der Waals surface area contributed by atoms with Crippen molar-refractivity contribution in [3.63, 3.8) is 0 Å². The third-order valence-electron chi connectivity index (χ3n) is 3.97. The summed E-state index contributed by atoms with van der Waals surface area (Å²) in [6.45, 7) is 4.63. The molecule has 0 atom stereocenters. The van der Waals surface area contributed by atoms with Gasteiger partial charge in [-0.2, -0.15) is 0 Å². The number of benzene rings is 2. The minimum absolute atomic E-state index is 0.0847. The van der Waals surface area contributed by atoms with Crippen molar-refractivity contribution in [2.45, 2.75) is 20.3 Å². The normalized spacial score (nSPS) is 10.3. The number of hydrogen-bond donors (Lipinski definition) is 2. The number of nitrogens with zero attached hydrogens (tertiary/aromatic N) is 1.